The SMILES string of the molecule is CCCCCCNC(=O)Nc1cc(-c2cc3cnc(NCCCCc4cn(CCCCC(=O)NC(C(=O)N5C[C@H](O)C[C@H]5C(=O)N[C@@H](C)c5ccc(-c6scnc6C)cc5)C(C)(C)C)nn4)nc3nc2C)c(C)cc1F. The summed E-state index contributed by atoms with van der Waals surface area (Å²) in [6.07, 6.45) is 10.8. The van der Waals surface area contributed by atoms with E-state index < -0.39 is 41.4 Å². The van der Waals surface area contributed by atoms with Gasteiger partial charge in [-0.1, -0.05) is 76.4 Å². The van der Waals surface area contributed by atoms with Gasteiger partial charge in [-0.05, 0) is 112 Å². The number of anilines is 2. The second kappa shape index (κ2) is 26.2. The highest BCUT2D eigenvalue weighted by Crippen LogP contribution is 2.33. The van der Waals surface area contributed by atoms with E-state index in [1.165, 1.54) is 11.0 Å². The Hall–Kier alpha value is -6.93. The van der Waals surface area contributed by atoms with Crippen LogP contribution in [0.3, 0.4) is 0 Å². The van der Waals surface area contributed by atoms with Crippen LogP contribution in [-0.4, -0.2) is 107 Å². The Labute approximate surface area is 448 Å². The van der Waals surface area contributed by atoms with Gasteiger partial charge >= 0.3 is 6.03 Å². The van der Waals surface area contributed by atoms with Crippen LogP contribution in [0.25, 0.3) is 32.6 Å². The van der Waals surface area contributed by atoms with Gasteiger partial charge in [0.05, 0.1) is 39.6 Å². The third kappa shape index (κ3) is 15.1. The summed E-state index contributed by atoms with van der Waals surface area (Å²) >= 11 is 1.58. The van der Waals surface area contributed by atoms with Gasteiger partial charge in [-0.15, -0.1) is 16.4 Å². The van der Waals surface area contributed by atoms with E-state index in [2.05, 4.69) is 58.8 Å². The Morgan fingerprint density at radius 3 is 2.41 bits per heavy atom. The Bertz CT molecular complexity index is 2960. The summed E-state index contributed by atoms with van der Waals surface area (Å²) in [6, 6.07) is 10.4. The van der Waals surface area contributed by atoms with Crippen LogP contribution in [0.5, 0.6) is 0 Å². The van der Waals surface area contributed by atoms with Gasteiger partial charge in [-0.25, -0.2) is 24.1 Å². The number of aliphatic hydroxyl groups is 1. The van der Waals surface area contributed by atoms with Crippen LogP contribution in [0.4, 0.5) is 20.8 Å². The number of hydrogen-bond acceptors (Lipinski definition) is 13. The predicted octanol–water partition coefficient (Wildman–Crippen LogP) is 9.15. The number of hydrogen-bond donors (Lipinski definition) is 6. The third-order valence-electron chi connectivity index (χ3n) is 13.8. The normalized spacial score (nSPS) is 15.4. The molecule has 0 aliphatic carbocycles. The number of thiazole rings is 1. The Morgan fingerprint density at radius 2 is 1.67 bits per heavy atom. The molecule has 18 nitrogen and oxygen atoms in total. The maximum atomic E-state index is 15.0. The number of β-amino-alcohol motifs (C(OH)–C–C–N with tert-alkyl or cyclic N) is 1. The van der Waals surface area contributed by atoms with Gasteiger partial charge in [0.25, 0.3) is 0 Å². The van der Waals surface area contributed by atoms with Crippen molar-refractivity contribution in [2.75, 3.05) is 30.3 Å². The third-order valence-corrected chi connectivity index (χ3v) is 14.7. The summed E-state index contributed by atoms with van der Waals surface area (Å²) in [5.74, 6) is -1.07. The second-order valence-corrected chi connectivity index (χ2v) is 21.9. The number of carbonyl (C=O) groups is 4. The summed E-state index contributed by atoms with van der Waals surface area (Å²) in [5.41, 5.74) is 8.53. The molecular weight excluding hydrogens is 986 g/mol. The smallest absolute Gasteiger partial charge is 0.319 e. The highest BCUT2D eigenvalue weighted by atomic mass is 32.1. The van der Waals surface area contributed by atoms with Crippen molar-refractivity contribution in [3.8, 4) is 21.6 Å². The number of unbranched alkanes of at least 4 members (excludes halogenated alkanes) is 5. The molecule has 76 heavy (non-hydrogen) atoms. The van der Waals surface area contributed by atoms with Crippen LogP contribution in [0.2, 0.25) is 0 Å². The zero-order chi connectivity index (χ0) is 54.5. The van der Waals surface area contributed by atoms with Gasteiger partial charge in [0.1, 0.15) is 17.9 Å². The van der Waals surface area contributed by atoms with E-state index in [4.69, 9.17) is 4.98 Å². The molecule has 4 aromatic heterocycles. The summed E-state index contributed by atoms with van der Waals surface area (Å²) in [5, 5.41) is 34.8. The summed E-state index contributed by atoms with van der Waals surface area (Å²) < 4.78 is 16.8. The Kier molecular flexibility index (Phi) is 19.6. The summed E-state index contributed by atoms with van der Waals surface area (Å²) in [7, 11) is 0. The van der Waals surface area contributed by atoms with Crippen LogP contribution in [0.1, 0.15) is 133 Å². The maximum absolute atomic E-state index is 15.0. The fourth-order valence-electron chi connectivity index (χ4n) is 9.39. The average Bonchev–Trinajstić information content (AvgIpc) is 4.15. The molecule has 5 heterocycles. The number of pyridine rings is 1. The molecule has 6 N–H and O–H groups in total. The number of carbonyl (C=O) groups excluding carboxylic acids is 4. The molecule has 1 unspecified atom stereocenters. The molecule has 7 rings (SSSR count). The molecule has 2 aromatic carbocycles. The molecule has 0 radical (unpaired) electrons. The number of likely N-dealkylation sites (tertiary alicyclic amines) is 1. The quantitative estimate of drug-likeness (QED) is 0.0312. The number of fused-ring (bicyclic) bond motifs is 1. The molecule has 6 aromatic rings. The molecule has 4 atom stereocenters. The van der Waals surface area contributed by atoms with Gasteiger partial charge in [0.15, 0.2) is 5.65 Å². The van der Waals surface area contributed by atoms with E-state index in [-0.39, 0.29) is 42.9 Å². The molecule has 5 amide bonds. The standard InChI is InChI=1S/C56H74FN13O5S/c1-9-10-11-14-24-59-55(75)64-46-29-43(34(2)26-45(46)57)44-27-40-30-60-54(66-51(40)62-36(44)4)58-23-15-12-17-41-31-69(68-67-41)25-16-13-18-48(72)65-50(56(6,7)8)53(74)70-32-42(71)28-47(70)52(73)63-35(3)38-19-21-39(22-20-38)49-37(5)61-33-76-49/h19-22,26-27,29-31,33,35,42,47,50,71H,9-18,23-25,28,32H2,1-8H3,(H,63,73)(H,65,72)(H2,59,64,75)(H,58,60,62,66)/t35-,42+,47-,50?/m0/s1. The molecule has 0 spiro atoms. The lowest BCUT2D eigenvalue weighted by Crippen LogP contribution is -2.57. The molecular formula is C56H74FN13O5S. The van der Waals surface area contributed by atoms with Gasteiger partial charge in [-0.3, -0.25) is 19.1 Å². The number of aryl methyl sites for hydroxylation is 5. The molecule has 406 valence electrons. The maximum Gasteiger partial charge on any atom is 0.319 e. The van der Waals surface area contributed by atoms with Crippen LogP contribution in [-0.2, 0) is 27.3 Å². The molecule has 1 saturated heterocycles. The van der Waals surface area contributed by atoms with Gasteiger partial charge < -0.3 is 36.6 Å². The van der Waals surface area contributed by atoms with E-state index in [1.807, 2.05) is 90.5 Å². The first-order chi connectivity index (χ1) is 36.4. The molecule has 0 saturated carbocycles. The van der Waals surface area contributed by atoms with Crippen molar-refractivity contribution in [1.29, 1.82) is 0 Å². The van der Waals surface area contributed by atoms with Crippen molar-refractivity contribution in [1.82, 2.24) is 55.8 Å². The number of aromatic nitrogens is 7. The van der Waals surface area contributed by atoms with Crippen LogP contribution < -0.4 is 26.6 Å². The average molecular weight is 1060 g/mol. The first kappa shape index (κ1) is 56.8. The van der Waals surface area contributed by atoms with Gasteiger partial charge in [-0.2, -0.15) is 4.98 Å². The van der Waals surface area contributed by atoms with E-state index in [0.29, 0.717) is 55.3 Å². The highest BCUT2D eigenvalue weighted by molar-refractivity contribution is 7.13. The molecule has 1 aliphatic rings. The lowest BCUT2D eigenvalue weighted by Gasteiger charge is -2.35. The molecule has 1 aliphatic heterocycles. The van der Waals surface area contributed by atoms with E-state index in [9.17, 15) is 28.7 Å². The van der Waals surface area contributed by atoms with E-state index in [1.54, 1.807) is 28.3 Å². The first-order valence-electron chi connectivity index (χ1n) is 26.6. The van der Waals surface area contributed by atoms with E-state index in [0.717, 1.165) is 88.9 Å². The monoisotopic (exact) mass is 1060 g/mol. The van der Waals surface area contributed by atoms with Crippen LogP contribution in [0, 0.1) is 32.0 Å². The fourth-order valence-corrected chi connectivity index (χ4v) is 10.2. The van der Waals surface area contributed by atoms with Gasteiger partial charge in [0, 0.05) is 68.1 Å². The van der Waals surface area contributed by atoms with Gasteiger partial charge in [0.2, 0.25) is 23.7 Å². The number of amides is 5. The molecule has 20 heteroatoms. The number of nitrogens with zero attached hydrogens (tertiary/aromatic N) is 8. The van der Waals surface area contributed by atoms with Crippen molar-refractivity contribution in [2.45, 2.75) is 157 Å². The molecule has 1 fully saturated rings. The first-order valence-corrected chi connectivity index (χ1v) is 27.5. The Morgan fingerprint density at radius 1 is 0.895 bits per heavy atom. The van der Waals surface area contributed by atoms with E-state index >= 15 is 0 Å². The topological polar surface area (TPSA) is 234 Å². The minimum atomic E-state index is -0.908. The highest BCUT2D eigenvalue weighted by Gasteiger charge is 2.44. The number of benzene rings is 2. The predicted molar refractivity (Wildman–Crippen MR) is 295 cm³/mol. The van der Waals surface area contributed by atoms with Crippen molar-refractivity contribution in [2.24, 2.45) is 5.41 Å². The largest absolute Gasteiger partial charge is 0.391 e. The Balaban J connectivity index is 0.821. The molecule has 0 bridgehead atoms. The van der Waals surface area contributed by atoms with Crippen molar-refractivity contribution >= 4 is 57.8 Å². The fraction of sp³-hybridized carbons (Fsp3) is 0.500. The number of rotatable bonds is 24. The number of aliphatic hydroxyl groups excluding tert-OH is 1. The van der Waals surface area contributed by atoms with Crippen molar-refractivity contribution in [3.05, 3.63) is 94.4 Å². The zero-order valence-electron chi connectivity index (χ0n) is 45.1. The lowest BCUT2D eigenvalue weighted by molar-refractivity contribution is -0.144. The van der Waals surface area contributed by atoms with Crippen molar-refractivity contribution < 1.29 is 28.7 Å². The minimum absolute atomic E-state index is 0.0000607. The van der Waals surface area contributed by atoms with Crippen LogP contribution >= 0.6 is 11.3 Å². The number of nitrogens with one attached hydrogen (secondary N) is 5. The number of urea groups is 1. The van der Waals surface area contributed by atoms with Crippen LogP contribution in [0.15, 0.2) is 60.4 Å². The zero-order valence-corrected chi connectivity index (χ0v) is 46.0. The number of halogens is 1. The minimum Gasteiger partial charge on any atom is -0.391 e. The van der Waals surface area contributed by atoms with Crippen molar-refractivity contribution in [3.63, 3.8) is 0 Å². The second-order valence-electron chi connectivity index (χ2n) is 21.0. The summed E-state index contributed by atoms with van der Waals surface area (Å²) in [4.78, 5) is 74.5. The lowest BCUT2D eigenvalue weighted by atomic mass is 9.85. The summed E-state index contributed by atoms with van der Waals surface area (Å²) in [6.45, 7) is 17.1.